The number of hydrogen-bond donors (Lipinski definition) is 3. The van der Waals surface area contributed by atoms with Crippen LogP contribution in [0.3, 0.4) is 0 Å². The predicted molar refractivity (Wildman–Crippen MR) is 108 cm³/mol. The molecule has 1 aliphatic carbocycles. The highest BCUT2D eigenvalue weighted by Crippen LogP contribution is 2.16. The zero-order valence-electron chi connectivity index (χ0n) is 14.3. The van der Waals surface area contributed by atoms with Gasteiger partial charge in [-0.05, 0) is 25.0 Å². The van der Waals surface area contributed by atoms with Crippen molar-refractivity contribution >= 4 is 35.8 Å². The van der Waals surface area contributed by atoms with Gasteiger partial charge in [0, 0.05) is 37.9 Å². The highest BCUT2D eigenvalue weighted by atomic mass is 127. The first kappa shape index (κ1) is 20.7. The van der Waals surface area contributed by atoms with Gasteiger partial charge in [0.2, 0.25) is 5.91 Å². The van der Waals surface area contributed by atoms with Crippen molar-refractivity contribution in [2.45, 2.75) is 44.6 Å². The Kier molecular flexibility index (Phi) is 10.4. The Morgan fingerprint density at radius 1 is 1.25 bits per heavy atom. The van der Waals surface area contributed by atoms with E-state index in [1.165, 1.54) is 19.3 Å². The lowest BCUT2D eigenvalue weighted by atomic mass is 9.95. The van der Waals surface area contributed by atoms with Crippen LogP contribution < -0.4 is 16.0 Å². The highest BCUT2D eigenvalue weighted by molar-refractivity contribution is 14.0. The lowest BCUT2D eigenvalue weighted by Gasteiger charge is -2.23. The molecule has 0 unspecified atom stereocenters. The van der Waals surface area contributed by atoms with E-state index in [1.54, 1.807) is 13.2 Å². The van der Waals surface area contributed by atoms with Crippen LogP contribution in [-0.2, 0) is 11.2 Å². The summed E-state index contributed by atoms with van der Waals surface area (Å²) in [4.78, 5) is 20.4. The molecule has 3 N–H and O–H groups in total. The normalized spacial score (nSPS) is 15.3. The van der Waals surface area contributed by atoms with Gasteiger partial charge in [-0.25, -0.2) is 0 Å². The number of aliphatic imine (C=N–C) groups is 1. The molecule has 1 amide bonds. The van der Waals surface area contributed by atoms with E-state index < -0.39 is 0 Å². The van der Waals surface area contributed by atoms with Crippen molar-refractivity contribution in [1.82, 2.24) is 20.9 Å². The number of rotatable bonds is 6. The van der Waals surface area contributed by atoms with Gasteiger partial charge in [0.15, 0.2) is 5.96 Å². The Morgan fingerprint density at radius 3 is 2.71 bits per heavy atom. The summed E-state index contributed by atoms with van der Waals surface area (Å²) in [5.41, 5.74) is 1.03. The zero-order valence-corrected chi connectivity index (χ0v) is 16.6. The second-order valence-electron chi connectivity index (χ2n) is 5.83. The quantitative estimate of drug-likeness (QED) is 0.355. The first-order chi connectivity index (χ1) is 11.3. The zero-order chi connectivity index (χ0) is 16.3. The summed E-state index contributed by atoms with van der Waals surface area (Å²) in [5, 5.41) is 9.33. The van der Waals surface area contributed by atoms with Crippen molar-refractivity contribution in [2.24, 2.45) is 4.99 Å². The van der Waals surface area contributed by atoms with E-state index in [-0.39, 0.29) is 36.4 Å². The number of carbonyl (C=O) groups is 1. The molecular formula is C17H28IN5O. The standard InChI is InChI=1S/C17H27N5O.HI/c1-18-17(20-12-10-14-7-5-6-11-19-14)21-13-16(23)22-15-8-3-2-4-9-15;/h5-7,11,15H,2-4,8-10,12-13H2,1H3,(H,22,23)(H2,18,20,21);1H. The Morgan fingerprint density at radius 2 is 2.04 bits per heavy atom. The molecule has 0 aliphatic heterocycles. The Bertz CT molecular complexity index is 503. The summed E-state index contributed by atoms with van der Waals surface area (Å²) in [6.07, 6.45) is 8.53. The van der Waals surface area contributed by atoms with Gasteiger partial charge < -0.3 is 16.0 Å². The number of aromatic nitrogens is 1. The fraction of sp³-hybridized carbons (Fsp3) is 0.588. The minimum Gasteiger partial charge on any atom is -0.356 e. The van der Waals surface area contributed by atoms with Crippen molar-refractivity contribution in [1.29, 1.82) is 0 Å². The molecule has 6 nitrogen and oxygen atoms in total. The smallest absolute Gasteiger partial charge is 0.239 e. The molecule has 1 saturated carbocycles. The lowest BCUT2D eigenvalue weighted by Crippen LogP contribution is -2.46. The maximum Gasteiger partial charge on any atom is 0.239 e. The van der Waals surface area contributed by atoms with E-state index in [2.05, 4.69) is 25.9 Å². The van der Waals surface area contributed by atoms with E-state index >= 15 is 0 Å². The van der Waals surface area contributed by atoms with Crippen LogP contribution >= 0.6 is 24.0 Å². The molecule has 0 aromatic carbocycles. The summed E-state index contributed by atoms with van der Waals surface area (Å²) in [6.45, 7) is 0.973. The summed E-state index contributed by atoms with van der Waals surface area (Å²) < 4.78 is 0. The number of nitrogens with one attached hydrogen (secondary N) is 3. The van der Waals surface area contributed by atoms with E-state index in [0.717, 1.165) is 31.5 Å². The van der Waals surface area contributed by atoms with Crippen molar-refractivity contribution in [3.63, 3.8) is 0 Å². The first-order valence-corrected chi connectivity index (χ1v) is 8.41. The van der Waals surface area contributed by atoms with E-state index in [1.807, 2.05) is 18.2 Å². The van der Waals surface area contributed by atoms with E-state index in [4.69, 9.17) is 0 Å². The first-order valence-electron chi connectivity index (χ1n) is 8.41. The molecule has 2 rings (SSSR count). The third-order valence-electron chi connectivity index (χ3n) is 4.01. The number of hydrogen-bond acceptors (Lipinski definition) is 3. The molecular weight excluding hydrogens is 417 g/mol. The topological polar surface area (TPSA) is 78.4 Å². The molecule has 1 aromatic rings. The van der Waals surface area contributed by atoms with Crippen molar-refractivity contribution in [2.75, 3.05) is 20.1 Å². The van der Waals surface area contributed by atoms with Crippen molar-refractivity contribution in [3.05, 3.63) is 30.1 Å². The number of pyridine rings is 1. The molecule has 0 radical (unpaired) electrons. The molecule has 0 spiro atoms. The van der Waals surface area contributed by atoms with Gasteiger partial charge in [0.25, 0.3) is 0 Å². The molecule has 1 aromatic heterocycles. The van der Waals surface area contributed by atoms with Gasteiger partial charge in [-0.15, -0.1) is 24.0 Å². The average molecular weight is 445 g/mol. The van der Waals surface area contributed by atoms with E-state index in [9.17, 15) is 4.79 Å². The molecule has 0 atom stereocenters. The van der Waals surface area contributed by atoms with Gasteiger partial charge >= 0.3 is 0 Å². The maximum atomic E-state index is 12.0. The Hall–Kier alpha value is -1.38. The minimum absolute atomic E-state index is 0. The van der Waals surface area contributed by atoms with Crippen LogP contribution in [0, 0.1) is 0 Å². The molecule has 1 fully saturated rings. The molecule has 24 heavy (non-hydrogen) atoms. The Labute approximate surface area is 161 Å². The summed E-state index contributed by atoms with van der Waals surface area (Å²) >= 11 is 0. The van der Waals surface area contributed by atoms with Gasteiger partial charge in [0.1, 0.15) is 0 Å². The highest BCUT2D eigenvalue weighted by Gasteiger charge is 2.15. The van der Waals surface area contributed by atoms with Gasteiger partial charge in [-0.3, -0.25) is 14.8 Å². The van der Waals surface area contributed by atoms with Gasteiger partial charge in [-0.2, -0.15) is 0 Å². The molecule has 1 aliphatic rings. The van der Waals surface area contributed by atoms with E-state index in [0.29, 0.717) is 12.0 Å². The third-order valence-corrected chi connectivity index (χ3v) is 4.01. The van der Waals surface area contributed by atoms with Gasteiger partial charge in [0.05, 0.1) is 6.54 Å². The van der Waals surface area contributed by atoms with Gasteiger partial charge in [-0.1, -0.05) is 25.3 Å². The van der Waals surface area contributed by atoms with Crippen molar-refractivity contribution in [3.8, 4) is 0 Å². The monoisotopic (exact) mass is 445 g/mol. The average Bonchev–Trinajstić information content (AvgIpc) is 2.59. The van der Waals surface area contributed by atoms with Crippen LogP contribution in [0.25, 0.3) is 0 Å². The van der Waals surface area contributed by atoms with Crippen molar-refractivity contribution < 1.29 is 4.79 Å². The summed E-state index contributed by atoms with van der Waals surface area (Å²) in [5.74, 6) is 0.671. The van der Waals surface area contributed by atoms with Crippen LogP contribution in [0.5, 0.6) is 0 Å². The molecule has 0 bridgehead atoms. The van der Waals surface area contributed by atoms with Crippen LogP contribution in [0.2, 0.25) is 0 Å². The number of halogens is 1. The second-order valence-corrected chi connectivity index (χ2v) is 5.83. The molecule has 134 valence electrons. The molecule has 1 heterocycles. The second kappa shape index (κ2) is 12.0. The largest absolute Gasteiger partial charge is 0.356 e. The lowest BCUT2D eigenvalue weighted by molar-refractivity contribution is -0.120. The SMILES string of the molecule is CN=C(NCCc1ccccn1)NCC(=O)NC1CCCCC1.I. The fourth-order valence-electron chi connectivity index (χ4n) is 2.77. The molecule has 7 heteroatoms. The summed E-state index contributed by atoms with van der Waals surface area (Å²) in [6, 6.07) is 6.22. The third kappa shape index (κ3) is 7.94. The number of guanidine groups is 1. The van der Waals surface area contributed by atoms with Crippen LogP contribution in [0.4, 0.5) is 0 Å². The molecule has 0 saturated heterocycles. The fourth-order valence-corrected chi connectivity index (χ4v) is 2.77. The van der Waals surface area contributed by atoms with Crippen LogP contribution in [0.15, 0.2) is 29.4 Å². The Balaban J connectivity index is 0.00000288. The minimum atomic E-state index is 0. The van der Waals surface area contributed by atoms with Crippen LogP contribution in [-0.4, -0.2) is 43.0 Å². The number of carbonyl (C=O) groups excluding carboxylic acids is 1. The number of amides is 1. The number of nitrogens with zero attached hydrogens (tertiary/aromatic N) is 2. The maximum absolute atomic E-state index is 12.0. The summed E-state index contributed by atoms with van der Waals surface area (Å²) in [7, 11) is 1.70. The van der Waals surface area contributed by atoms with Crippen LogP contribution in [0.1, 0.15) is 37.8 Å². The predicted octanol–water partition coefficient (Wildman–Crippen LogP) is 1.86.